The molecule has 2 rings (SSSR count). The molecule has 0 bridgehead atoms. The van der Waals surface area contributed by atoms with Crippen molar-refractivity contribution >= 4 is 49.9 Å². The normalized spacial score (nSPS) is 11.8. The van der Waals surface area contributed by atoms with Crippen LogP contribution in [-0.2, 0) is 4.79 Å². The Bertz CT molecular complexity index is 919. The number of amides is 2. The Morgan fingerprint density at radius 2 is 1.93 bits per heavy atom. The Morgan fingerprint density at radius 3 is 2.59 bits per heavy atom. The number of hydrazone groups is 1. The lowest BCUT2D eigenvalue weighted by molar-refractivity contribution is -0.122. The molecule has 0 saturated heterocycles. The molecule has 0 aromatic heterocycles. The third kappa shape index (κ3) is 6.30. The fourth-order valence-electron chi connectivity index (χ4n) is 2.35. The highest BCUT2D eigenvalue weighted by Crippen LogP contribution is 2.36. The molecule has 0 spiro atoms. The van der Waals surface area contributed by atoms with E-state index in [0.29, 0.717) is 38.2 Å². The maximum absolute atomic E-state index is 12.3. The van der Waals surface area contributed by atoms with Gasteiger partial charge in [0.1, 0.15) is 6.04 Å². The second-order valence-corrected chi connectivity index (χ2v) is 7.59. The minimum Gasteiger partial charge on any atom is -0.493 e. The van der Waals surface area contributed by atoms with Gasteiger partial charge < -0.3 is 14.8 Å². The molecule has 0 saturated carbocycles. The molecule has 29 heavy (non-hydrogen) atoms. The molecule has 0 fully saturated rings. The molecule has 9 heteroatoms. The van der Waals surface area contributed by atoms with E-state index in [4.69, 9.17) is 9.47 Å². The summed E-state index contributed by atoms with van der Waals surface area (Å²) in [5.74, 6) is 0.338. The number of carbonyl (C=O) groups excluding carboxylic acids is 2. The Morgan fingerprint density at radius 1 is 1.21 bits per heavy atom. The molecule has 7 nitrogen and oxygen atoms in total. The van der Waals surface area contributed by atoms with Gasteiger partial charge in [-0.2, -0.15) is 5.10 Å². The van der Waals surface area contributed by atoms with Crippen molar-refractivity contribution < 1.29 is 19.1 Å². The van der Waals surface area contributed by atoms with Crippen molar-refractivity contribution in [1.29, 1.82) is 0 Å². The first-order valence-electron chi connectivity index (χ1n) is 8.76. The molecular weight excluding hydrogens is 506 g/mol. The number of halogens is 2. The molecule has 2 aromatic carbocycles. The van der Waals surface area contributed by atoms with Gasteiger partial charge in [0.25, 0.3) is 11.8 Å². The summed E-state index contributed by atoms with van der Waals surface area (Å²) in [5.41, 5.74) is 3.56. The van der Waals surface area contributed by atoms with E-state index in [1.165, 1.54) is 6.21 Å². The molecule has 1 unspecified atom stereocenters. The number of hydrogen-bond acceptors (Lipinski definition) is 5. The van der Waals surface area contributed by atoms with Crippen molar-refractivity contribution in [1.82, 2.24) is 10.7 Å². The van der Waals surface area contributed by atoms with Gasteiger partial charge in [-0.3, -0.25) is 9.59 Å². The number of hydrogen-bond donors (Lipinski definition) is 2. The lowest BCUT2D eigenvalue weighted by Gasteiger charge is -2.13. The first kappa shape index (κ1) is 22.9. The quantitative estimate of drug-likeness (QED) is 0.403. The summed E-state index contributed by atoms with van der Waals surface area (Å²) in [6.45, 7) is 3.96. The van der Waals surface area contributed by atoms with Crippen LogP contribution in [0.1, 0.15) is 29.8 Å². The number of ether oxygens (including phenoxy) is 2. The van der Waals surface area contributed by atoms with Gasteiger partial charge in [0.2, 0.25) is 0 Å². The van der Waals surface area contributed by atoms with Crippen molar-refractivity contribution in [3.8, 4) is 11.5 Å². The first-order valence-corrected chi connectivity index (χ1v) is 10.3. The Labute approximate surface area is 186 Å². The summed E-state index contributed by atoms with van der Waals surface area (Å²) < 4.78 is 12.2. The number of methoxy groups -OCH3 is 1. The maximum atomic E-state index is 12.3. The zero-order chi connectivity index (χ0) is 21.4. The summed E-state index contributed by atoms with van der Waals surface area (Å²) in [5, 5.41) is 6.59. The van der Waals surface area contributed by atoms with Crippen LogP contribution in [0.4, 0.5) is 0 Å². The number of benzene rings is 2. The van der Waals surface area contributed by atoms with Crippen molar-refractivity contribution in [2.24, 2.45) is 5.10 Å². The van der Waals surface area contributed by atoms with Crippen LogP contribution in [0.5, 0.6) is 11.5 Å². The van der Waals surface area contributed by atoms with E-state index >= 15 is 0 Å². The minimum atomic E-state index is -0.770. The van der Waals surface area contributed by atoms with Gasteiger partial charge in [0.05, 0.1) is 30.0 Å². The topological polar surface area (TPSA) is 89.0 Å². The van der Waals surface area contributed by atoms with Crippen molar-refractivity contribution in [2.45, 2.75) is 19.9 Å². The largest absolute Gasteiger partial charge is 0.493 e. The third-order valence-corrected chi connectivity index (χ3v) is 5.07. The number of nitrogens with one attached hydrogen (secondary N) is 2. The third-order valence-electron chi connectivity index (χ3n) is 3.79. The van der Waals surface area contributed by atoms with Crippen LogP contribution in [0.25, 0.3) is 0 Å². The average Bonchev–Trinajstić information content (AvgIpc) is 2.69. The minimum absolute atomic E-state index is 0.357. The van der Waals surface area contributed by atoms with Crippen molar-refractivity contribution in [3.05, 3.63) is 56.5 Å². The van der Waals surface area contributed by atoms with Crippen LogP contribution >= 0.6 is 31.9 Å². The van der Waals surface area contributed by atoms with Gasteiger partial charge in [-0.05, 0) is 75.5 Å². The van der Waals surface area contributed by atoms with Crippen LogP contribution in [0, 0.1) is 0 Å². The standard InChI is InChI=1S/C20H21Br2N3O4/c1-4-29-18-16(22)9-13(10-17(18)28-3)11-23-25-19(26)12(2)24-20(27)14-7-5-6-8-15(14)21/h5-12H,4H2,1-3H3,(H,24,27)(H,25,26). The number of carbonyl (C=O) groups is 2. The van der Waals surface area contributed by atoms with E-state index < -0.39 is 11.9 Å². The molecule has 0 aliphatic rings. The van der Waals surface area contributed by atoms with E-state index in [-0.39, 0.29) is 5.91 Å². The van der Waals surface area contributed by atoms with E-state index in [1.54, 1.807) is 50.4 Å². The fourth-order valence-corrected chi connectivity index (χ4v) is 3.39. The summed E-state index contributed by atoms with van der Waals surface area (Å²) in [7, 11) is 1.54. The van der Waals surface area contributed by atoms with E-state index in [1.807, 2.05) is 6.92 Å². The van der Waals surface area contributed by atoms with E-state index in [2.05, 4.69) is 47.7 Å². The number of nitrogens with zero attached hydrogens (tertiary/aromatic N) is 1. The predicted octanol–water partition coefficient (Wildman–Crippen LogP) is 3.89. The zero-order valence-electron chi connectivity index (χ0n) is 16.2. The Kier molecular flexibility index (Phi) is 8.66. The molecule has 0 heterocycles. The lowest BCUT2D eigenvalue weighted by Crippen LogP contribution is -2.43. The van der Waals surface area contributed by atoms with E-state index in [9.17, 15) is 9.59 Å². The summed E-state index contributed by atoms with van der Waals surface area (Å²) in [6, 6.07) is 9.74. The van der Waals surface area contributed by atoms with Crippen LogP contribution in [0.3, 0.4) is 0 Å². The van der Waals surface area contributed by atoms with Gasteiger partial charge >= 0.3 is 0 Å². The molecule has 1 atom stereocenters. The predicted molar refractivity (Wildman–Crippen MR) is 119 cm³/mol. The van der Waals surface area contributed by atoms with Crippen molar-refractivity contribution in [2.75, 3.05) is 13.7 Å². The molecule has 154 valence electrons. The number of rotatable bonds is 8. The lowest BCUT2D eigenvalue weighted by atomic mass is 10.2. The molecule has 0 aliphatic heterocycles. The van der Waals surface area contributed by atoms with Gasteiger partial charge in [-0.1, -0.05) is 12.1 Å². The summed E-state index contributed by atoms with van der Waals surface area (Å²) in [6.07, 6.45) is 1.48. The van der Waals surface area contributed by atoms with Gasteiger partial charge in [0, 0.05) is 4.47 Å². The van der Waals surface area contributed by atoms with Crippen LogP contribution in [0.2, 0.25) is 0 Å². The Hall–Kier alpha value is -2.39. The molecule has 0 aliphatic carbocycles. The SMILES string of the molecule is CCOc1c(Br)cc(C=NNC(=O)C(C)NC(=O)c2ccccc2Br)cc1OC. The van der Waals surface area contributed by atoms with Crippen LogP contribution in [-0.4, -0.2) is 37.8 Å². The zero-order valence-corrected chi connectivity index (χ0v) is 19.3. The molecular formula is C20H21Br2N3O4. The second-order valence-electron chi connectivity index (χ2n) is 5.88. The highest BCUT2D eigenvalue weighted by atomic mass is 79.9. The highest BCUT2D eigenvalue weighted by molar-refractivity contribution is 9.10. The van der Waals surface area contributed by atoms with Crippen LogP contribution in [0.15, 0.2) is 50.4 Å². The summed E-state index contributed by atoms with van der Waals surface area (Å²) in [4.78, 5) is 24.5. The summed E-state index contributed by atoms with van der Waals surface area (Å²) >= 11 is 6.75. The van der Waals surface area contributed by atoms with E-state index in [0.717, 1.165) is 0 Å². The molecule has 2 aromatic rings. The fraction of sp³-hybridized carbons (Fsp3) is 0.250. The molecule has 2 amide bonds. The molecule has 0 radical (unpaired) electrons. The molecule has 2 N–H and O–H groups in total. The highest BCUT2D eigenvalue weighted by Gasteiger charge is 2.17. The van der Waals surface area contributed by atoms with Crippen molar-refractivity contribution in [3.63, 3.8) is 0 Å². The van der Waals surface area contributed by atoms with Gasteiger partial charge in [-0.15, -0.1) is 0 Å². The second kappa shape index (κ2) is 11.0. The maximum Gasteiger partial charge on any atom is 0.262 e. The van der Waals surface area contributed by atoms with Crippen LogP contribution < -0.4 is 20.2 Å². The smallest absolute Gasteiger partial charge is 0.262 e. The Balaban J connectivity index is 1.99. The monoisotopic (exact) mass is 525 g/mol. The van der Waals surface area contributed by atoms with Gasteiger partial charge in [0.15, 0.2) is 11.5 Å². The average molecular weight is 527 g/mol. The first-order chi connectivity index (χ1) is 13.9. The van der Waals surface area contributed by atoms with Gasteiger partial charge in [-0.25, -0.2) is 5.43 Å².